The zero-order valence-electron chi connectivity index (χ0n) is 17.2. The van der Waals surface area contributed by atoms with E-state index >= 15 is 0 Å². The number of nitrogens with zero attached hydrogens (tertiary/aromatic N) is 4. The normalized spacial score (nSPS) is 15.0. The zero-order chi connectivity index (χ0) is 21.8. The fourth-order valence-electron chi connectivity index (χ4n) is 3.31. The first-order valence-electron chi connectivity index (χ1n) is 10.0. The molecule has 1 atom stereocenters. The fraction of sp³-hybridized carbons (Fsp3) is 0.318. The van der Waals surface area contributed by atoms with Crippen molar-refractivity contribution in [3.63, 3.8) is 0 Å². The number of aliphatic hydroxyl groups is 1. The SMILES string of the molecule is Cc1cc(Oc2cc(Cl)ccc2-c2ncc([C@@H](O)CN)cn2)cc(N2CCOCC2)n1. The van der Waals surface area contributed by atoms with Crippen molar-refractivity contribution in [1.82, 2.24) is 15.0 Å². The van der Waals surface area contributed by atoms with Gasteiger partial charge in [0.1, 0.15) is 17.3 Å². The van der Waals surface area contributed by atoms with Gasteiger partial charge in [0.2, 0.25) is 0 Å². The smallest absolute Gasteiger partial charge is 0.162 e. The molecule has 9 heteroatoms. The summed E-state index contributed by atoms with van der Waals surface area (Å²) in [6.45, 7) is 4.96. The molecule has 0 radical (unpaired) electrons. The Hall–Kier alpha value is -2.78. The molecule has 3 aromatic rings. The van der Waals surface area contributed by atoms with Gasteiger partial charge in [-0.1, -0.05) is 11.6 Å². The third kappa shape index (κ3) is 5.11. The maximum Gasteiger partial charge on any atom is 0.162 e. The Morgan fingerprint density at radius 2 is 1.94 bits per heavy atom. The van der Waals surface area contributed by atoms with Gasteiger partial charge in [0.15, 0.2) is 5.82 Å². The lowest BCUT2D eigenvalue weighted by molar-refractivity contribution is 0.122. The summed E-state index contributed by atoms with van der Waals surface area (Å²) in [5, 5.41) is 10.4. The monoisotopic (exact) mass is 441 g/mol. The number of aliphatic hydroxyl groups excluding tert-OH is 1. The number of hydrogen-bond acceptors (Lipinski definition) is 8. The first-order valence-corrected chi connectivity index (χ1v) is 10.4. The second kappa shape index (κ2) is 9.57. The van der Waals surface area contributed by atoms with Crippen molar-refractivity contribution in [1.29, 1.82) is 0 Å². The van der Waals surface area contributed by atoms with Crippen LogP contribution in [-0.4, -0.2) is 52.9 Å². The zero-order valence-corrected chi connectivity index (χ0v) is 17.9. The van der Waals surface area contributed by atoms with Crippen LogP contribution < -0.4 is 15.4 Å². The van der Waals surface area contributed by atoms with E-state index in [1.165, 1.54) is 0 Å². The topological polar surface area (TPSA) is 107 Å². The lowest BCUT2D eigenvalue weighted by Gasteiger charge is -2.28. The summed E-state index contributed by atoms with van der Waals surface area (Å²) in [4.78, 5) is 15.6. The highest BCUT2D eigenvalue weighted by Gasteiger charge is 2.16. The van der Waals surface area contributed by atoms with Crippen molar-refractivity contribution < 1.29 is 14.6 Å². The van der Waals surface area contributed by atoms with Crippen molar-refractivity contribution in [3.8, 4) is 22.9 Å². The molecular weight excluding hydrogens is 418 g/mol. The summed E-state index contributed by atoms with van der Waals surface area (Å²) < 4.78 is 11.7. The van der Waals surface area contributed by atoms with E-state index in [-0.39, 0.29) is 6.54 Å². The number of halogens is 1. The van der Waals surface area contributed by atoms with Crippen LogP contribution in [0.15, 0.2) is 42.7 Å². The number of rotatable bonds is 6. The average molecular weight is 442 g/mol. The number of ether oxygens (including phenoxy) is 2. The Kier molecular flexibility index (Phi) is 6.62. The second-order valence-electron chi connectivity index (χ2n) is 7.24. The molecule has 0 aliphatic carbocycles. The summed E-state index contributed by atoms with van der Waals surface area (Å²) in [6.07, 6.45) is 2.32. The third-order valence-corrected chi connectivity index (χ3v) is 5.18. The van der Waals surface area contributed by atoms with E-state index in [4.69, 9.17) is 26.8 Å². The largest absolute Gasteiger partial charge is 0.456 e. The molecule has 0 unspecified atom stereocenters. The van der Waals surface area contributed by atoms with E-state index in [1.807, 2.05) is 25.1 Å². The standard InChI is InChI=1S/C22H24ClN5O3/c1-14-8-17(10-21(27-14)28-4-6-30-7-5-28)31-20-9-16(23)2-3-18(20)22-25-12-15(13-26-22)19(29)11-24/h2-3,8-10,12-13,19,29H,4-7,11,24H2,1H3/t19-/m0/s1. The van der Waals surface area contributed by atoms with Crippen LogP contribution in [0, 0.1) is 6.92 Å². The van der Waals surface area contributed by atoms with Crippen molar-refractivity contribution in [3.05, 3.63) is 59.0 Å². The molecule has 31 heavy (non-hydrogen) atoms. The van der Waals surface area contributed by atoms with Crippen LogP contribution in [-0.2, 0) is 4.74 Å². The van der Waals surface area contributed by atoms with Gasteiger partial charge in [-0.3, -0.25) is 0 Å². The predicted octanol–water partition coefficient (Wildman–Crippen LogP) is 3.12. The Morgan fingerprint density at radius 3 is 2.65 bits per heavy atom. The summed E-state index contributed by atoms with van der Waals surface area (Å²) >= 11 is 6.24. The lowest BCUT2D eigenvalue weighted by Crippen LogP contribution is -2.36. The molecular formula is C22H24ClN5O3. The molecule has 0 amide bonds. The number of nitrogens with two attached hydrogens (primary N) is 1. The summed E-state index contributed by atoms with van der Waals surface area (Å²) in [6, 6.07) is 9.07. The molecule has 1 aliphatic heterocycles. The number of anilines is 1. The number of hydrogen-bond donors (Lipinski definition) is 2. The van der Waals surface area contributed by atoms with Crippen molar-refractivity contribution in [2.24, 2.45) is 5.73 Å². The number of aryl methyl sites for hydroxylation is 1. The van der Waals surface area contributed by atoms with E-state index in [9.17, 15) is 5.11 Å². The fourth-order valence-corrected chi connectivity index (χ4v) is 3.47. The van der Waals surface area contributed by atoms with E-state index < -0.39 is 6.10 Å². The summed E-state index contributed by atoms with van der Waals surface area (Å²) in [5.41, 5.74) is 7.59. The summed E-state index contributed by atoms with van der Waals surface area (Å²) in [7, 11) is 0. The number of benzene rings is 1. The van der Waals surface area contributed by atoms with Crippen LogP contribution in [0.1, 0.15) is 17.4 Å². The Labute approximate surface area is 185 Å². The van der Waals surface area contributed by atoms with Gasteiger partial charge in [0.25, 0.3) is 0 Å². The maximum absolute atomic E-state index is 9.87. The van der Waals surface area contributed by atoms with Crippen molar-refractivity contribution in [2.75, 3.05) is 37.7 Å². The predicted molar refractivity (Wildman–Crippen MR) is 119 cm³/mol. The highest BCUT2D eigenvalue weighted by Crippen LogP contribution is 2.35. The highest BCUT2D eigenvalue weighted by molar-refractivity contribution is 6.30. The molecule has 4 rings (SSSR count). The van der Waals surface area contributed by atoms with E-state index in [2.05, 4.69) is 19.9 Å². The molecule has 2 aromatic heterocycles. The van der Waals surface area contributed by atoms with Gasteiger partial charge in [-0.2, -0.15) is 0 Å². The van der Waals surface area contributed by atoms with Crippen molar-refractivity contribution >= 4 is 17.4 Å². The van der Waals surface area contributed by atoms with Gasteiger partial charge in [-0.05, 0) is 19.1 Å². The van der Waals surface area contributed by atoms with Gasteiger partial charge in [0.05, 0.1) is 24.9 Å². The third-order valence-electron chi connectivity index (χ3n) is 4.94. The molecule has 3 heterocycles. The number of aromatic nitrogens is 3. The molecule has 8 nitrogen and oxygen atoms in total. The van der Waals surface area contributed by atoms with Crippen LogP contribution in [0.3, 0.4) is 0 Å². The molecule has 1 aromatic carbocycles. The van der Waals surface area contributed by atoms with Crippen LogP contribution in [0.2, 0.25) is 5.02 Å². The van der Waals surface area contributed by atoms with Crippen LogP contribution in [0.25, 0.3) is 11.4 Å². The number of pyridine rings is 1. The molecule has 3 N–H and O–H groups in total. The average Bonchev–Trinajstić information content (AvgIpc) is 2.79. The van der Waals surface area contributed by atoms with E-state index in [0.717, 1.165) is 24.6 Å². The van der Waals surface area contributed by atoms with E-state index in [0.29, 0.717) is 46.7 Å². The van der Waals surface area contributed by atoms with E-state index in [1.54, 1.807) is 24.5 Å². The number of morpholine rings is 1. The van der Waals surface area contributed by atoms with Crippen LogP contribution in [0.4, 0.5) is 5.82 Å². The van der Waals surface area contributed by atoms with Crippen molar-refractivity contribution in [2.45, 2.75) is 13.0 Å². The lowest BCUT2D eigenvalue weighted by atomic mass is 10.1. The second-order valence-corrected chi connectivity index (χ2v) is 7.67. The molecule has 1 aliphatic rings. The molecule has 1 fully saturated rings. The molecule has 0 bridgehead atoms. The summed E-state index contributed by atoms with van der Waals surface area (Å²) in [5.74, 6) is 2.47. The Bertz CT molecular complexity index is 1040. The van der Waals surface area contributed by atoms with Crippen LogP contribution in [0.5, 0.6) is 11.5 Å². The quantitative estimate of drug-likeness (QED) is 0.600. The molecule has 0 saturated carbocycles. The molecule has 1 saturated heterocycles. The van der Waals surface area contributed by atoms with Crippen LogP contribution >= 0.6 is 11.6 Å². The Morgan fingerprint density at radius 1 is 1.19 bits per heavy atom. The van der Waals surface area contributed by atoms with Gasteiger partial charge in [0, 0.05) is 66.5 Å². The first-order chi connectivity index (χ1) is 15.0. The minimum absolute atomic E-state index is 0.102. The molecule has 162 valence electrons. The minimum Gasteiger partial charge on any atom is -0.456 e. The Balaban J connectivity index is 1.65. The van der Waals surface area contributed by atoms with Gasteiger partial charge in [-0.15, -0.1) is 0 Å². The maximum atomic E-state index is 9.87. The minimum atomic E-state index is -0.798. The molecule has 0 spiro atoms. The van der Waals surface area contributed by atoms with Gasteiger partial charge in [-0.25, -0.2) is 15.0 Å². The highest BCUT2D eigenvalue weighted by atomic mass is 35.5. The first kappa shape index (κ1) is 21.5. The van der Waals surface area contributed by atoms with Gasteiger partial charge >= 0.3 is 0 Å². The van der Waals surface area contributed by atoms with Gasteiger partial charge < -0.3 is 25.2 Å².